The molecule has 4 heteroatoms. The summed E-state index contributed by atoms with van der Waals surface area (Å²) in [6.45, 7) is 0. The van der Waals surface area contributed by atoms with Crippen LogP contribution in [-0.2, 0) is 7.05 Å². The average molecular weight is 217 g/mol. The minimum atomic E-state index is -0.131. The van der Waals surface area contributed by atoms with Gasteiger partial charge < -0.3 is 9.30 Å². The second-order valence-corrected chi connectivity index (χ2v) is 3.47. The van der Waals surface area contributed by atoms with Crippen molar-refractivity contribution in [2.45, 2.75) is 0 Å². The van der Waals surface area contributed by atoms with E-state index in [4.69, 9.17) is 4.74 Å². The predicted molar refractivity (Wildman–Crippen MR) is 61.1 cm³/mol. The van der Waals surface area contributed by atoms with Crippen molar-refractivity contribution in [1.29, 1.82) is 0 Å². The molecule has 0 N–H and O–H groups in total. The summed E-state index contributed by atoms with van der Waals surface area (Å²) < 4.78 is 6.66. The summed E-state index contributed by atoms with van der Waals surface area (Å²) in [5.41, 5.74) is 1.06. The molecule has 0 bridgehead atoms. The maximum atomic E-state index is 11.5. The van der Waals surface area contributed by atoms with Crippen LogP contribution < -0.4 is 10.3 Å². The van der Waals surface area contributed by atoms with E-state index in [2.05, 4.69) is 0 Å². The van der Waals surface area contributed by atoms with E-state index in [-0.39, 0.29) is 5.56 Å². The smallest absolute Gasteiger partial charge is 0.250 e. The Morgan fingerprint density at radius 2 is 2.00 bits per heavy atom. The quantitative estimate of drug-likeness (QED) is 0.713. The fourth-order valence-corrected chi connectivity index (χ4v) is 1.77. The zero-order valence-electron chi connectivity index (χ0n) is 9.06. The Morgan fingerprint density at radius 1 is 1.25 bits per heavy atom. The molecule has 16 heavy (non-hydrogen) atoms. The van der Waals surface area contributed by atoms with Crippen molar-refractivity contribution < 1.29 is 9.53 Å². The summed E-state index contributed by atoms with van der Waals surface area (Å²) in [6.07, 6.45) is 0.770. The fraction of sp³-hybridized carbons (Fsp3) is 0.167. The molecule has 0 spiro atoms. The fourth-order valence-electron chi connectivity index (χ4n) is 1.77. The second-order valence-electron chi connectivity index (χ2n) is 3.47. The summed E-state index contributed by atoms with van der Waals surface area (Å²) in [4.78, 5) is 22.4. The Balaban J connectivity index is 3.02. The van der Waals surface area contributed by atoms with Crippen LogP contribution in [0, 0.1) is 0 Å². The molecule has 0 radical (unpaired) electrons. The monoisotopic (exact) mass is 217 g/mol. The van der Waals surface area contributed by atoms with E-state index in [1.165, 1.54) is 17.7 Å². The molecule has 0 atom stereocenters. The molecule has 1 aromatic heterocycles. The number of benzene rings is 1. The number of pyridine rings is 1. The van der Waals surface area contributed by atoms with Crippen molar-refractivity contribution in [3.63, 3.8) is 0 Å². The van der Waals surface area contributed by atoms with Crippen molar-refractivity contribution >= 4 is 17.2 Å². The summed E-state index contributed by atoms with van der Waals surface area (Å²) >= 11 is 0. The number of aldehydes is 1. The van der Waals surface area contributed by atoms with Gasteiger partial charge in [0.05, 0.1) is 12.6 Å². The number of hydrogen-bond donors (Lipinski definition) is 0. The summed E-state index contributed by atoms with van der Waals surface area (Å²) in [5.74, 6) is 0.584. The van der Waals surface area contributed by atoms with Crippen LogP contribution in [0.3, 0.4) is 0 Å². The molecule has 2 aromatic rings. The first kappa shape index (κ1) is 10.4. The van der Waals surface area contributed by atoms with Crippen molar-refractivity contribution in [2.24, 2.45) is 7.05 Å². The lowest BCUT2D eigenvalue weighted by molar-refractivity contribution is 0.112. The zero-order valence-corrected chi connectivity index (χ0v) is 9.06. The minimum absolute atomic E-state index is 0.131. The van der Waals surface area contributed by atoms with E-state index < -0.39 is 0 Å². The first-order valence-electron chi connectivity index (χ1n) is 4.81. The highest BCUT2D eigenvalue weighted by Gasteiger charge is 2.09. The first-order chi connectivity index (χ1) is 7.69. The SMILES string of the molecule is COc1ccc(C=O)c2ccc(=O)n(C)c12. The Bertz CT molecular complexity index is 613. The molecule has 0 amide bonds. The molecular weight excluding hydrogens is 206 g/mol. The van der Waals surface area contributed by atoms with Gasteiger partial charge in [0.2, 0.25) is 0 Å². The third-order valence-corrected chi connectivity index (χ3v) is 2.62. The standard InChI is InChI=1S/C12H11NO3/c1-13-11(15)6-4-9-8(7-14)3-5-10(16-2)12(9)13/h3-7H,1-2H3. The van der Waals surface area contributed by atoms with Gasteiger partial charge in [-0.15, -0.1) is 0 Å². The van der Waals surface area contributed by atoms with Gasteiger partial charge in [0.1, 0.15) is 5.75 Å². The second kappa shape index (κ2) is 3.81. The van der Waals surface area contributed by atoms with Gasteiger partial charge in [-0.05, 0) is 18.2 Å². The molecule has 0 aliphatic rings. The topological polar surface area (TPSA) is 48.3 Å². The highest BCUT2D eigenvalue weighted by molar-refractivity contribution is 5.99. The van der Waals surface area contributed by atoms with E-state index in [9.17, 15) is 9.59 Å². The van der Waals surface area contributed by atoms with Crippen LogP contribution in [0.4, 0.5) is 0 Å². The molecule has 0 saturated carbocycles. The van der Waals surface area contributed by atoms with E-state index in [0.717, 1.165) is 11.7 Å². The van der Waals surface area contributed by atoms with Gasteiger partial charge in [-0.1, -0.05) is 0 Å². The number of carbonyl (C=O) groups is 1. The van der Waals surface area contributed by atoms with Gasteiger partial charge in [-0.3, -0.25) is 9.59 Å². The molecule has 82 valence electrons. The molecule has 0 aliphatic heterocycles. The molecule has 0 fully saturated rings. The highest BCUT2D eigenvalue weighted by atomic mass is 16.5. The Morgan fingerprint density at radius 3 is 2.62 bits per heavy atom. The number of rotatable bonds is 2. The van der Waals surface area contributed by atoms with Crippen LogP contribution in [0.25, 0.3) is 10.9 Å². The molecule has 1 heterocycles. The minimum Gasteiger partial charge on any atom is -0.495 e. The van der Waals surface area contributed by atoms with Crippen molar-refractivity contribution in [3.8, 4) is 5.75 Å². The molecule has 2 rings (SSSR count). The molecule has 0 saturated heterocycles. The number of aryl methyl sites for hydroxylation is 1. The first-order valence-corrected chi connectivity index (χ1v) is 4.81. The normalized spacial score (nSPS) is 10.4. The van der Waals surface area contributed by atoms with Crippen LogP contribution in [0.15, 0.2) is 29.1 Å². The third kappa shape index (κ3) is 1.39. The number of hydrogen-bond acceptors (Lipinski definition) is 3. The Labute approximate surface area is 92.1 Å². The number of aromatic nitrogens is 1. The lowest BCUT2D eigenvalue weighted by Crippen LogP contribution is -2.16. The predicted octanol–water partition coefficient (Wildman–Crippen LogP) is 1.36. The van der Waals surface area contributed by atoms with Gasteiger partial charge in [-0.25, -0.2) is 0 Å². The summed E-state index contributed by atoms with van der Waals surface area (Å²) in [7, 11) is 3.19. The maximum absolute atomic E-state index is 11.5. The number of ether oxygens (including phenoxy) is 1. The zero-order chi connectivity index (χ0) is 11.7. The van der Waals surface area contributed by atoms with Gasteiger partial charge in [0, 0.05) is 24.1 Å². The van der Waals surface area contributed by atoms with Gasteiger partial charge in [0.15, 0.2) is 6.29 Å². The van der Waals surface area contributed by atoms with Gasteiger partial charge in [-0.2, -0.15) is 0 Å². The highest BCUT2D eigenvalue weighted by Crippen LogP contribution is 2.25. The molecule has 4 nitrogen and oxygen atoms in total. The third-order valence-electron chi connectivity index (χ3n) is 2.62. The Hall–Kier alpha value is -2.10. The molecular formula is C12H11NO3. The van der Waals surface area contributed by atoms with Crippen molar-refractivity contribution in [1.82, 2.24) is 4.57 Å². The van der Waals surface area contributed by atoms with Crippen LogP contribution in [0.1, 0.15) is 10.4 Å². The molecule has 0 unspecified atom stereocenters. The molecule has 0 aliphatic carbocycles. The lowest BCUT2D eigenvalue weighted by atomic mass is 10.1. The maximum Gasteiger partial charge on any atom is 0.250 e. The van der Waals surface area contributed by atoms with Crippen molar-refractivity contribution in [3.05, 3.63) is 40.2 Å². The Kier molecular flexibility index (Phi) is 2.48. The van der Waals surface area contributed by atoms with Gasteiger partial charge in [0.25, 0.3) is 5.56 Å². The van der Waals surface area contributed by atoms with Crippen LogP contribution >= 0.6 is 0 Å². The van der Waals surface area contributed by atoms with E-state index >= 15 is 0 Å². The number of fused-ring (bicyclic) bond motifs is 1. The largest absolute Gasteiger partial charge is 0.495 e. The number of methoxy groups -OCH3 is 1. The van der Waals surface area contributed by atoms with E-state index in [1.807, 2.05) is 0 Å². The van der Waals surface area contributed by atoms with E-state index in [1.54, 1.807) is 25.2 Å². The number of nitrogens with zero attached hydrogens (tertiary/aromatic N) is 1. The van der Waals surface area contributed by atoms with E-state index in [0.29, 0.717) is 16.8 Å². The lowest BCUT2D eigenvalue weighted by Gasteiger charge is -2.10. The average Bonchev–Trinajstić information content (AvgIpc) is 2.32. The van der Waals surface area contributed by atoms with Crippen LogP contribution in [0.5, 0.6) is 5.75 Å². The van der Waals surface area contributed by atoms with Crippen molar-refractivity contribution in [2.75, 3.05) is 7.11 Å². The molecule has 1 aromatic carbocycles. The summed E-state index contributed by atoms with van der Waals surface area (Å²) in [5, 5.41) is 0.719. The number of carbonyl (C=O) groups excluding carboxylic acids is 1. The van der Waals surface area contributed by atoms with Crippen LogP contribution in [0.2, 0.25) is 0 Å². The van der Waals surface area contributed by atoms with Crippen LogP contribution in [-0.4, -0.2) is 18.0 Å². The summed E-state index contributed by atoms with van der Waals surface area (Å²) in [6, 6.07) is 6.45. The van der Waals surface area contributed by atoms with Gasteiger partial charge >= 0.3 is 0 Å².